The predicted molar refractivity (Wildman–Crippen MR) is 82.6 cm³/mol. The van der Waals surface area contributed by atoms with E-state index in [1.807, 2.05) is 12.1 Å². The van der Waals surface area contributed by atoms with E-state index in [4.69, 9.17) is 5.11 Å². The fraction of sp³-hybridized carbons (Fsp3) is 0.438. The first-order chi connectivity index (χ1) is 10.7. The van der Waals surface area contributed by atoms with Crippen LogP contribution in [0.4, 0.5) is 5.69 Å². The van der Waals surface area contributed by atoms with Gasteiger partial charge in [0.05, 0.1) is 12.5 Å². The van der Waals surface area contributed by atoms with Crippen molar-refractivity contribution >= 4 is 11.7 Å². The van der Waals surface area contributed by atoms with Crippen LogP contribution >= 0.6 is 0 Å². The zero-order valence-corrected chi connectivity index (χ0v) is 12.4. The van der Waals surface area contributed by atoms with E-state index in [0.29, 0.717) is 12.6 Å². The van der Waals surface area contributed by atoms with Crippen LogP contribution < -0.4 is 5.32 Å². The van der Waals surface area contributed by atoms with E-state index in [2.05, 4.69) is 27.5 Å². The van der Waals surface area contributed by atoms with E-state index in [1.165, 1.54) is 6.33 Å². The largest absolute Gasteiger partial charge is 0.481 e. The van der Waals surface area contributed by atoms with E-state index in [-0.39, 0.29) is 5.92 Å². The highest BCUT2D eigenvalue weighted by Crippen LogP contribution is 2.27. The van der Waals surface area contributed by atoms with Crippen molar-refractivity contribution in [3.05, 3.63) is 42.5 Å². The standard InChI is InChI=1S/C16H20N4O2/c21-16(22)13-4-6-14(7-5-13)19-15-3-1-2-12(8-15)9-20-11-17-10-18-20/h1-3,8,10-11,13-14,19H,4-7,9H2,(H,21,22). The molecule has 6 heteroatoms. The second-order valence-electron chi connectivity index (χ2n) is 5.82. The van der Waals surface area contributed by atoms with Crippen LogP contribution in [0.15, 0.2) is 36.9 Å². The van der Waals surface area contributed by atoms with Gasteiger partial charge in [-0.3, -0.25) is 4.79 Å². The Morgan fingerprint density at radius 3 is 2.82 bits per heavy atom. The van der Waals surface area contributed by atoms with Crippen LogP contribution in [-0.2, 0) is 11.3 Å². The van der Waals surface area contributed by atoms with Gasteiger partial charge in [0.25, 0.3) is 0 Å². The van der Waals surface area contributed by atoms with Gasteiger partial charge in [-0.2, -0.15) is 5.10 Å². The molecular weight excluding hydrogens is 280 g/mol. The molecule has 0 aliphatic heterocycles. The Morgan fingerprint density at radius 1 is 1.32 bits per heavy atom. The average molecular weight is 300 g/mol. The molecule has 0 unspecified atom stereocenters. The van der Waals surface area contributed by atoms with Gasteiger partial charge >= 0.3 is 5.97 Å². The van der Waals surface area contributed by atoms with Crippen LogP contribution in [0.2, 0.25) is 0 Å². The van der Waals surface area contributed by atoms with Crippen LogP contribution in [0.25, 0.3) is 0 Å². The van der Waals surface area contributed by atoms with Gasteiger partial charge in [0, 0.05) is 11.7 Å². The summed E-state index contributed by atoms with van der Waals surface area (Å²) in [6.45, 7) is 0.696. The SMILES string of the molecule is O=C(O)C1CCC(Nc2cccc(Cn3cncn3)c2)CC1. The molecule has 0 radical (unpaired) electrons. The molecule has 1 aliphatic carbocycles. The number of carboxylic acid groups (broad SMARTS) is 1. The number of aliphatic carboxylic acids is 1. The minimum atomic E-state index is -0.659. The Morgan fingerprint density at radius 2 is 2.14 bits per heavy atom. The summed E-state index contributed by atoms with van der Waals surface area (Å²) in [7, 11) is 0. The van der Waals surface area contributed by atoms with E-state index >= 15 is 0 Å². The van der Waals surface area contributed by atoms with E-state index in [0.717, 1.165) is 36.9 Å². The van der Waals surface area contributed by atoms with Crippen molar-refractivity contribution in [2.24, 2.45) is 5.92 Å². The van der Waals surface area contributed by atoms with Crippen LogP contribution in [-0.4, -0.2) is 31.9 Å². The number of nitrogens with one attached hydrogen (secondary N) is 1. The molecule has 1 aliphatic rings. The van der Waals surface area contributed by atoms with E-state index in [1.54, 1.807) is 11.0 Å². The molecule has 1 heterocycles. The van der Waals surface area contributed by atoms with Crippen molar-refractivity contribution in [1.29, 1.82) is 0 Å². The van der Waals surface area contributed by atoms with Gasteiger partial charge in [-0.05, 0) is 43.4 Å². The predicted octanol–water partition coefficient (Wildman–Crippen LogP) is 2.38. The molecule has 1 fully saturated rings. The van der Waals surface area contributed by atoms with Gasteiger partial charge in [0.15, 0.2) is 0 Å². The fourth-order valence-corrected chi connectivity index (χ4v) is 2.98. The molecular formula is C16H20N4O2. The van der Waals surface area contributed by atoms with Crippen LogP contribution in [0.5, 0.6) is 0 Å². The number of anilines is 1. The maximum absolute atomic E-state index is 11.0. The molecule has 0 bridgehead atoms. The zero-order valence-electron chi connectivity index (χ0n) is 12.4. The van der Waals surface area contributed by atoms with E-state index < -0.39 is 5.97 Å². The number of carboxylic acids is 1. The molecule has 2 aromatic rings. The first-order valence-corrected chi connectivity index (χ1v) is 7.61. The summed E-state index contributed by atoms with van der Waals surface area (Å²) < 4.78 is 1.79. The number of aromatic nitrogens is 3. The highest BCUT2D eigenvalue weighted by molar-refractivity contribution is 5.70. The maximum Gasteiger partial charge on any atom is 0.306 e. The van der Waals surface area contributed by atoms with Crippen molar-refractivity contribution in [3.63, 3.8) is 0 Å². The summed E-state index contributed by atoms with van der Waals surface area (Å²) in [5.74, 6) is -0.829. The molecule has 1 aromatic heterocycles. The molecule has 0 atom stereocenters. The second-order valence-corrected chi connectivity index (χ2v) is 5.82. The number of hydrogen-bond donors (Lipinski definition) is 2. The van der Waals surface area contributed by atoms with Gasteiger partial charge in [0.2, 0.25) is 0 Å². The molecule has 1 aromatic carbocycles. The highest BCUT2D eigenvalue weighted by atomic mass is 16.4. The number of nitrogens with zero attached hydrogens (tertiary/aromatic N) is 3. The van der Waals surface area contributed by atoms with Gasteiger partial charge < -0.3 is 10.4 Å². The summed E-state index contributed by atoms with van der Waals surface area (Å²) in [4.78, 5) is 14.9. The lowest BCUT2D eigenvalue weighted by atomic mass is 9.86. The van der Waals surface area contributed by atoms with Crippen molar-refractivity contribution in [1.82, 2.24) is 14.8 Å². The fourth-order valence-electron chi connectivity index (χ4n) is 2.98. The minimum absolute atomic E-state index is 0.170. The number of carbonyl (C=O) groups is 1. The summed E-state index contributed by atoms with van der Waals surface area (Å²) >= 11 is 0. The average Bonchev–Trinajstić information content (AvgIpc) is 3.01. The summed E-state index contributed by atoms with van der Waals surface area (Å²) in [5, 5.41) is 16.7. The molecule has 0 spiro atoms. The third-order valence-electron chi connectivity index (χ3n) is 4.19. The molecule has 0 saturated heterocycles. The van der Waals surface area contributed by atoms with Gasteiger partial charge in [-0.1, -0.05) is 12.1 Å². The van der Waals surface area contributed by atoms with Crippen molar-refractivity contribution in [3.8, 4) is 0 Å². The zero-order chi connectivity index (χ0) is 15.4. The lowest BCUT2D eigenvalue weighted by molar-refractivity contribution is -0.142. The summed E-state index contributed by atoms with van der Waals surface area (Å²) in [5.41, 5.74) is 2.24. The summed E-state index contributed by atoms with van der Waals surface area (Å²) in [6.07, 6.45) is 6.56. The van der Waals surface area contributed by atoms with Gasteiger partial charge in [0.1, 0.15) is 12.7 Å². The monoisotopic (exact) mass is 300 g/mol. The second kappa shape index (κ2) is 6.60. The number of benzene rings is 1. The molecule has 1 saturated carbocycles. The lowest BCUT2D eigenvalue weighted by Crippen LogP contribution is -2.29. The quantitative estimate of drug-likeness (QED) is 0.886. The third kappa shape index (κ3) is 3.63. The van der Waals surface area contributed by atoms with Crippen LogP contribution in [0.1, 0.15) is 31.2 Å². The first-order valence-electron chi connectivity index (χ1n) is 7.61. The van der Waals surface area contributed by atoms with Crippen molar-refractivity contribution in [2.75, 3.05) is 5.32 Å². The van der Waals surface area contributed by atoms with Crippen molar-refractivity contribution < 1.29 is 9.90 Å². The Balaban J connectivity index is 1.58. The van der Waals surface area contributed by atoms with Crippen LogP contribution in [0.3, 0.4) is 0 Å². The Bertz CT molecular complexity index is 619. The minimum Gasteiger partial charge on any atom is -0.481 e. The summed E-state index contributed by atoms with van der Waals surface area (Å²) in [6, 6.07) is 8.61. The molecule has 116 valence electrons. The van der Waals surface area contributed by atoms with E-state index in [9.17, 15) is 4.79 Å². The van der Waals surface area contributed by atoms with Gasteiger partial charge in [-0.15, -0.1) is 0 Å². The topological polar surface area (TPSA) is 80.0 Å². The Labute approximate surface area is 129 Å². The van der Waals surface area contributed by atoms with Gasteiger partial charge in [-0.25, -0.2) is 9.67 Å². The first kappa shape index (κ1) is 14.6. The molecule has 22 heavy (non-hydrogen) atoms. The number of rotatable bonds is 5. The Hall–Kier alpha value is -2.37. The smallest absolute Gasteiger partial charge is 0.306 e. The van der Waals surface area contributed by atoms with Crippen LogP contribution in [0, 0.1) is 5.92 Å². The Kier molecular flexibility index (Phi) is 4.37. The lowest BCUT2D eigenvalue weighted by Gasteiger charge is -2.27. The molecule has 3 rings (SSSR count). The molecule has 6 nitrogen and oxygen atoms in total. The normalized spacial score (nSPS) is 21.5. The third-order valence-corrected chi connectivity index (χ3v) is 4.19. The van der Waals surface area contributed by atoms with Crippen molar-refractivity contribution in [2.45, 2.75) is 38.3 Å². The maximum atomic E-state index is 11.0. The molecule has 0 amide bonds. The number of hydrogen-bond acceptors (Lipinski definition) is 4. The highest BCUT2D eigenvalue weighted by Gasteiger charge is 2.25. The molecule has 2 N–H and O–H groups in total.